The van der Waals surface area contributed by atoms with Crippen molar-refractivity contribution in [1.82, 2.24) is 15.5 Å². The maximum Gasteiger partial charge on any atom is 0.317 e. The lowest BCUT2D eigenvalue weighted by atomic mass is 9.93. The smallest absolute Gasteiger partial charge is 0.317 e. The van der Waals surface area contributed by atoms with E-state index in [4.69, 9.17) is 4.74 Å². The summed E-state index contributed by atoms with van der Waals surface area (Å²) in [5, 5.41) is 6.21. The predicted molar refractivity (Wildman–Crippen MR) is 110 cm³/mol. The molecule has 1 heterocycles. The molecule has 28 heavy (non-hydrogen) atoms. The summed E-state index contributed by atoms with van der Waals surface area (Å²) >= 11 is 0. The first-order chi connectivity index (χ1) is 13.7. The highest BCUT2D eigenvalue weighted by atomic mass is 16.5. The Morgan fingerprint density at radius 1 is 1.04 bits per heavy atom. The molecule has 2 fully saturated rings. The number of amides is 3. The Morgan fingerprint density at radius 3 is 2.36 bits per heavy atom. The van der Waals surface area contributed by atoms with Gasteiger partial charge in [-0.2, -0.15) is 0 Å². The van der Waals surface area contributed by atoms with Crippen LogP contribution in [0.3, 0.4) is 0 Å². The zero-order valence-corrected chi connectivity index (χ0v) is 16.9. The summed E-state index contributed by atoms with van der Waals surface area (Å²) in [4.78, 5) is 26.6. The summed E-state index contributed by atoms with van der Waals surface area (Å²) < 4.78 is 5.11. The highest BCUT2D eigenvalue weighted by molar-refractivity contribution is 5.94. The number of hydrogen-bond donors (Lipinski definition) is 2. The number of ether oxygens (including phenoxy) is 1. The molecule has 2 aliphatic rings. The summed E-state index contributed by atoms with van der Waals surface area (Å²) in [5.74, 6) is 1.26. The molecule has 0 aromatic heterocycles. The molecule has 1 aliphatic heterocycles. The van der Waals surface area contributed by atoms with E-state index < -0.39 is 0 Å². The van der Waals surface area contributed by atoms with Gasteiger partial charge in [0, 0.05) is 31.2 Å². The molecule has 0 radical (unpaired) electrons. The standard InChI is InChI=1S/C22H33N3O3/c1-28-20-9-7-18(8-10-20)21(26)23-14-11-17-12-15-25(16-13-17)22(27)24-19-5-3-2-4-6-19/h7-10,17,19H,2-6,11-16H2,1H3,(H,23,26)(H,24,27). The van der Waals surface area contributed by atoms with Crippen molar-refractivity contribution in [2.45, 2.75) is 57.4 Å². The van der Waals surface area contributed by atoms with Crippen molar-refractivity contribution < 1.29 is 14.3 Å². The summed E-state index contributed by atoms with van der Waals surface area (Å²) in [6.45, 7) is 2.30. The summed E-state index contributed by atoms with van der Waals surface area (Å²) in [6.07, 6.45) is 8.98. The molecule has 3 rings (SSSR count). The van der Waals surface area contributed by atoms with E-state index in [2.05, 4.69) is 10.6 Å². The number of urea groups is 1. The third-order valence-electron chi connectivity index (χ3n) is 6.02. The molecular weight excluding hydrogens is 354 g/mol. The zero-order chi connectivity index (χ0) is 19.8. The van der Waals surface area contributed by atoms with E-state index in [0.717, 1.165) is 50.9 Å². The molecule has 0 unspecified atom stereocenters. The van der Waals surface area contributed by atoms with Crippen LogP contribution in [0.4, 0.5) is 4.79 Å². The van der Waals surface area contributed by atoms with Gasteiger partial charge in [-0.3, -0.25) is 4.79 Å². The highest BCUT2D eigenvalue weighted by Gasteiger charge is 2.24. The van der Waals surface area contributed by atoms with Crippen molar-refractivity contribution in [2.24, 2.45) is 5.92 Å². The lowest BCUT2D eigenvalue weighted by Gasteiger charge is -2.34. The Hall–Kier alpha value is -2.24. The summed E-state index contributed by atoms with van der Waals surface area (Å²) in [7, 11) is 1.61. The average molecular weight is 388 g/mol. The molecule has 1 saturated carbocycles. The number of nitrogens with one attached hydrogen (secondary N) is 2. The Kier molecular flexibility index (Phi) is 7.57. The number of piperidine rings is 1. The van der Waals surface area contributed by atoms with Crippen LogP contribution in [-0.4, -0.2) is 49.6 Å². The van der Waals surface area contributed by atoms with Crippen LogP contribution in [0.1, 0.15) is 61.7 Å². The van der Waals surface area contributed by atoms with Gasteiger partial charge in [-0.05, 0) is 62.3 Å². The first-order valence-corrected chi connectivity index (χ1v) is 10.6. The second-order valence-electron chi connectivity index (χ2n) is 7.99. The number of hydrogen-bond acceptors (Lipinski definition) is 3. The van der Waals surface area contributed by atoms with Crippen LogP contribution in [-0.2, 0) is 0 Å². The number of carbonyl (C=O) groups is 2. The first kappa shape index (κ1) is 20.5. The van der Waals surface area contributed by atoms with Gasteiger partial charge in [0.2, 0.25) is 0 Å². The minimum absolute atomic E-state index is 0.0491. The molecule has 1 aromatic rings. The van der Waals surface area contributed by atoms with E-state index in [0.29, 0.717) is 24.1 Å². The van der Waals surface area contributed by atoms with Crippen molar-refractivity contribution in [3.05, 3.63) is 29.8 Å². The fourth-order valence-corrected chi connectivity index (χ4v) is 4.17. The van der Waals surface area contributed by atoms with Crippen molar-refractivity contribution in [3.8, 4) is 5.75 Å². The number of benzene rings is 1. The Morgan fingerprint density at radius 2 is 1.71 bits per heavy atom. The van der Waals surface area contributed by atoms with Crippen LogP contribution in [0.5, 0.6) is 5.75 Å². The number of likely N-dealkylation sites (tertiary alicyclic amines) is 1. The second kappa shape index (κ2) is 10.3. The van der Waals surface area contributed by atoms with Gasteiger partial charge < -0.3 is 20.3 Å². The van der Waals surface area contributed by atoms with E-state index in [-0.39, 0.29) is 11.9 Å². The van der Waals surface area contributed by atoms with Crippen LogP contribution in [0.15, 0.2) is 24.3 Å². The molecule has 6 heteroatoms. The monoisotopic (exact) mass is 387 g/mol. The molecule has 1 saturated heterocycles. The average Bonchev–Trinajstić information content (AvgIpc) is 2.75. The van der Waals surface area contributed by atoms with Crippen LogP contribution >= 0.6 is 0 Å². The van der Waals surface area contributed by atoms with Crippen molar-refractivity contribution in [1.29, 1.82) is 0 Å². The summed E-state index contributed by atoms with van der Waals surface area (Å²) in [5.41, 5.74) is 0.648. The van der Waals surface area contributed by atoms with Gasteiger partial charge in [0.25, 0.3) is 5.91 Å². The largest absolute Gasteiger partial charge is 0.497 e. The molecule has 0 bridgehead atoms. The Labute approximate surface area is 168 Å². The van der Waals surface area contributed by atoms with Crippen LogP contribution in [0, 0.1) is 5.92 Å². The second-order valence-corrected chi connectivity index (χ2v) is 7.99. The van der Waals surface area contributed by atoms with E-state index in [9.17, 15) is 9.59 Å². The predicted octanol–water partition coefficient (Wildman–Crippen LogP) is 3.57. The molecule has 154 valence electrons. The van der Waals surface area contributed by atoms with Gasteiger partial charge in [-0.15, -0.1) is 0 Å². The van der Waals surface area contributed by atoms with E-state index >= 15 is 0 Å². The molecule has 1 aliphatic carbocycles. The minimum Gasteiger partial charge on any atom is -0.497 e. The SMILES string of the molecule is COc1ccc(C(=O)NCCC2CCN(C(=O)NC3CCCCC3)CC2)cc1. The van der Waals surface area contributed by atoms with Crippen LogP contribution < -0.4 is 15.4 Å². The fourth-order valence-electron chi connectivity index (χ4n) is 4.17. The number of nitrogens with zero attached hydrogens (tertiary/aromatic N) is 1. The molecule has 3 amide bonds. The highest BCUT2D eigenvalue weighted by Crippen LogP contribution is 2.22. The van der Waals surface area contributed by atoms with Crippen molar-refractivity contribution in [3.63, 3.8) is 0 Å². The Balaban J connectivity index is 1.32. The van der Waals surface area contributed by atoms with E-state index in [1.807, 2.05) is 4.90 Å². The Bertz CT molecular complexity index is 633. The number of carbonyl (C=O) groups excluding carboxylic acids is 2. The minimum atomic E-state index is -0.0491. The van der Waals surface area contributed by atoms with E-state index in [1.54, 1.807) is 31.4 Å². The van der Waals surface area contributed by atoms with Crippen molar-refractivity contribution >= 4 is 11.9 Å². The van der Waals surface area contributed by atoms with Gasteiger partial charge in [0.1, 0.15) is 5.75 Å². The van der Waals surface area contributed by atoms with Gasteiger partial charge in [0.15, 0.2) is 0 Å². The quantitative estimate of drug-likeness (QED) is 0.784. The molecule has 0 atom stereocenters. The van der Waals surface area contributed by atoms with Crippen LogP contribution in [0.2, 0.25) is 0 Å². The van der Waals surface area contributed by atoms with E-state index in [1.165, 1.54) is 19.3 Å². The first-order valence-electron chi connectivity index (χ1n) is 10.6. The molecule has 0 spiro atoms. The summed E-state index contributed by atoms with van der Waals surface area (Å²) in [6, 6.07) is 7.62. The van der Waals surface area contributed by atoms with Gasteiger partial charge >= 0.3 is 6.03 Å². The third kappa shape index (κ3) is 5.88. The number of rotatable bonds is 6. The molecule has 6 nitrogen and oxygen atoms in total. The van der Waals surface area contributed by atoms with Crippen LogP contribution in [0.25, 0.3) is 0 Å². The molecular formula is C22H33N3O3. The van der Waals surface area contributed by atoms with Gasteiger partial charge in [0.05, 0.1) is 7.11 Å². The lowest BCUT2D eigenvalue weighted by molar-refractivity contribution is 0.0949. The number of methoxy groups -OCH3 is 1. The topological polar surface area (TPSA) is 70.7 Å². The maximum atomic E-state index is 12.4. The lowest BCUT2D eigenvalue weighted by Crippen LogP contribution is -2.48. The third-order valence-corrected chi connectivity index (χ3v) is 6.02. The zero-order valence-electron chi connectivity index (χ0n) is 16.9. The van der Waals surface area contributed by atoms with Gasteiger partial charge in [-0.1, -0.05) is 19.3 Å². The maximum absolute atomic E-state index is 12.4. The van der Waals surface area contributed by atoms with Crippen molar-refractivity contribution in [2.75, 3.05) is 26.7 Å². The van der Waals surface area contributed by atoms with Gasteiger partial charge in [-0.25, -0.2) is 4.79 Å². The normalized spacial score (nSPS) is 18.5. The molecule has 1 aromatic carbocycles. The fraction of sp³-hybridized carbons (Fsp3) is 0.636. The molecule has 2 N–H and O–H groups in total.